The molecule has 0 saturated heterocycles. The Labute approximate surface area is 123 Å². The summed E-state index contributed by atoms with van der Waals surface area (Å²) in [6.45, 7) is 1.95. The van der Waals surface area contributed by atoms with Gasteiger partial charge in [0, 0.05) is 31.3 Å². The molecule has 1 aromatic heterocycles. The Morgan fingerprint density at radius 3 is 2.85 bits per heavy atom. The molecule has 2 N–H and O–H groups in total. The Kier molecular flexibility index (Phi) is 4.83. The number of aliphatic hydroxyl groups excluding tert-OH is 1. The molecule has 1 unspecified atom stereocenters. The zero-order chi connectivity index (χ0) is 14.7. The van der Waals surface area contributed by atoms with E-state index in [1.807, 2.05) is 6.92 Å². The molecule has 1 amide bonds. The predicted octanol–water partition coefficient (Wildman–Crippen LogP) is 1.67. The third-order valence-corrected chi connectivity index (χ3v) is 4.00. The summed E-state index contributed by atoms with van der Waals surface area (Å²) in [7, 11) is 1.76. The summed E-state index contributed by atoms with van der Waals surface area (Å²) in [6.07, 6.45) is 6.02. The molecule has 0 radical (unpaired) electrons. The van der Waals surface area contributed by atoms with Gasteiger partial charge >= 0.3 is 0 Å². The molecular weight excluding hydrogens is 278 g/mol. The van der Waals surface area contributed by atoms with E-state index < -0.39 is 0 Å². The minimum absolute atomic E-state index is 0.0719. The first kappa shape index (κ1) is 15.1. The van der Waals surface area contributed by atoms with Crippen molar-refractivity contribution in [3.8, 4) is 0 Å². The van der Waals surface area contributed by atoms with Crippen LogP contribution in [0.1, 0.15) is 30.5 Å². The third-order valence-electron chi connectivity index (χ3n) is 3.56. The summed E-state index contributed by atoms with van der Waals surface area (Å²) in [4.78, 5) is 11.9. The topological polar surface area (TPSA) is 67.2 Å². The summed E-state index contributed by atoms with van der Waals surface area (Å²) in [6, 6.07) is 0.0719. The number of amides is 1. The number of hydrogen-bond acceptors (Lipinski definition) is 3. The Balaban J connectivity index is 1.97. The molecule has 5 nitrogen and oxygen atoms in total. The highest BCUT2D eigenvalue weighted by molar-refractivity contribution is 6.31. The largest absolute Gasteiger partial charge is 0.396 e. The molecule has 20 heavy (non-hydrogen) atoms. The number of aryl methyl sites for hydroxylation is 2. The van der Waals surface area contributed by atoms with Crippen molar-refractivity contribution in [2.24, 2.45) is 13.0 Å². The first-order chi connectivity index (χ1) is 9.52. The van der Waals surface area contributed by atoms with Crippen LogP contribution in [0.5, 0.6) is 0 Å². The van der Waals surface area contributed by atoms with Crippen LogP contribution in [0.3, 0.4) is 0 Å². The zero-order valence-corrected chi connectivity index (χ0v) is 12.5. The number of nitrogens with one attached hydrogen (secondary N) is 1. The Morgan fingerprint density at radius 2 is 2.35 bits per heavy atom. The van der Waals surface area contributed by atoms with Gasteiger partial charge in [-0.05, 0) is 38.2 Å². The second kappa shape index (κ2) is 6.41. The molecule has 1 heterocycles. The maximum atomic E-state index is 11.9. The van der Waals surface area contributed by atoms with E-state index in [-0.39, 0.29) is 18.6 Å². The third kappa shape index (κ3) is 3.61. The lowest BCUT2D eigenvalue weighted by Crippen LogP contribution is -2.36. The van der Waals surface area contributed by atoms with Gasteiger partial charge in [-0.2, -0.15) is 5.10 Å². The first-order valence-corrected chi connectivity index (χ1v) is 7.19. The minimum atomic E-state index is -0.158. The van der Waals surface area contributed by atoms with Crippen molar-refractivity contribution in [3.05, 3.63) is 22.5 Å². The van der Waals surface area contributed by atoms with Crippen LogP contribution in [0.15, 0.2) is 6.08 Å². The fourth-order valence-corrected chi connectivity index (χ4v) is 2.53. The summed E-state index contributed by atoms with van der Waals surface area (Å²) in [5.74, 6) is 0.359. The average molecular weight is 298 g/mol. The van der Waals surface area contributed by atoms with Crippen LogP contribution in [0.25, 0.3) is 6.08 Å². The maximum Gasteiger partial charge on any atom is 0.244 e. The van der Waals surface area contributed by atoms with Crippen molar-refractivity contribution in [2.45, 2.75) is 32.2 Å². The number of nitrogens with zero attached hydrogens (tertiary/aromatic N) is 2. The molecule has 0 bridgehead atoms. The predicted molar refractivity (Wildman–Crippen MR) is 78.3 cm³/mol. The second-order valence-electron chi connectivity index (χ2n) is 5.21. The van der Waals surface area contributed by atoms with Gasteiger partial charge in [-0.1, -0.05) is 11.6 Å². The molecule has 2 rings (SSSR count). The first-order valence-electron chi connectivity index (χ1n) is 6.81. The molecule has 1 aliphatic carbocycles. The number of aromatic nitrogens is 2. The molecule has 1 aliphatic rings. The number of halogens is 1. The number of aliphatic hydroxyl groups is 1. The molecule has 1 aromatic rings. The van der Waals surface area contributed by atoms with Gasteiger partial charge in [0.15, 0.2) is 0 Å². The fraction of sp³-hybridized carbons (Fsp3) is 0.571. The second-order valence-corrected chi connectivity index (χ2v) is 5.57. The molecular formula is C14H20ClN3O2. The van der Waals surface area contributed by atoms with Gasteiger partial charge < -0.3 is 10.4 Å². The van der Waals surface area contributed by atoms with Crippen molar-refractivity contribution in [1.82, 2.24) is 15.1 Å². The Morgan fingerprint density at radius 1 is 1.65 bits per heavy atom. The van der Waals surface area contributed by atoms with E-state index in [9.17, 15) is 4.79 Å². The van der Waals surface area contributed by atoms with E-state index in [2.05, 4.69) is 10.4 Å². The van der Waals surface area contributed by atoms with E-state index >= 15 is 0 Å². The number of rotatable bonds is 6. The van der Waals surface area contributed by atoms with E-state index in [1.54, 1.807) is 17.8 Å². The normalized spacial score (nSPS) is 16.6. The summed E-state index contributed by atoms with van der Waals surface area (Å²) < 4.78 is 1.58. The van der Waals surface area contributed by atoms with Gasteiger partial charge in [0.1, 0.15) is 5.15 Å². The van der Waals surface area contributed by atoms with Crippen LogP contribution >= 0.6 is 11.6 Å². The molecule has 1 atom stereocenters. The van der Waals surface area contributed by atoms with E-state index in [1.165, 1.54) is 6.08 Å². The van der Waals surface area contributed by atoms with Crippen LogP contribution in [0.4, 0.5) is 0 Å². The van der Waals surface area contributed by atoms with Gasteiger partial charge in [0.25, 0.3) is 0 Å². The molecule has 1 fully saturated rings. The van der Waals surface area contributed by atoms with Crippen molar-refractivity contribution in [1.29, 1.82) is 0 Å². The highest BCUT2D eigenvalue weighted by Gasteiger charge is 2.31. The van der Waals surface area contributed by atoms with Crippen molar-refractivity contribution >= 4 is 23.6 Å². The Hall–Kier alpha value is -1.33. The Bertz CT molecular complexity index is 521. The van der Waals surface area contributed by atoms with Crippen molar-refractivity contribution in [3.63, 3.8) is 0 Å². The summed E-state index contributed by atoms with van der Waals surface area (Å²) in [5.41, 5.74) is 1.55. The van der Waals surface area contributed by atoms with Gasteiger partial charge in [0.05, 0.1) is 5.69 Å². The van der Waals surface area contributed by atoms with E-state index in [0.717, 1.165) is 24.1 Å². The molecule has 110 valence electrons. The summed E-state index contributed by atoms with van der Waals surface area (Å²) in [5, 5.41) is 16.7. The number of carbonyl (C=O) groups is 1. The van der Waals surface area contributed by atoms with Crippen LogP contribution < -0.4 is 5.32 Å². The number of carbonyl (C=O) groups excluding carboxylic acids is 1. The fourth-order valence-electron chi connectivity index (χ4n) is 2.29. The molecule has 1 saturated carbocycles. The minimum Gasteiger partial charge on any atom is -0.396 e. The lowest BCUT2D eigenvalue weighted by molar-refractivity contribution is -0.117. The molecule has 0 aliphatic heterocycles. The van der Waals surface area contributed by atoms with Crippen molar-refractivity contribution in [2.75, 3.05) is 6.61 Å². The SMILES string of the molecule is Cc1nn(C)c(Cl)c1/C=C/C(=O)NC(CCO)C1CC1. The zero-order valence-electron chi connectivity index (χ0n) is 11.8. The quantitative estimate of drug-likeness (QED) is 0.785. The standard InChI is InChI=1S/C14H20ClN3O2/c1-9-11(14(15)18(2)17-9)5-6-13(20)16-12(7-8-19)10-3-4-10/h5-6,10,12,19H,3-4,7-8H2,1-2H3,(H,16,20)/b6-5+. The van der Waals surface area contributed by atoms with Gasteiger partial charge in [0.2, 0.25) is 5.91 Å². The van der Waals surface area contributed by atoms with Gasteiger partial charge in [-0.25, -0.2) is 0 Å². The maximum absolute atomic E-state index is 11.9. The number of hydrogen-bond donors (Lipinski definition) is 2. The monoisotopic (exact) mass is 297 g/mol. The average Bonchev–Trinajstić information content (AvgIpc) is 3.18. The lowest BCUT2D eigenvalue weighted by atomic mass is 10.1. The van der Waals surface area contributed by atoms with Crippen LogP contribution in [0, 0.1) is 12.8 Å². The highest BCUT2D eigenvalue weighted by atomic mass is 35.5. The molecule has 0 aromatic carbocycles. The smallest absolute Gasteiger partial charge is 0.244 e. The summed E-state index contributed by atoms with van der Waals surface area (Å²) >= 11 is 6.10. The van der Waals surface area contributed by atoms with Crippen LogP contribution in [-0.4, -0.2) is 33.4 Å². The van der Waals surface area contributed by atoms with Crippen LogP contribution in [0.2, 0.25) is 5.15 Å². The highest BCUT2D eigenvalue weighted by Crippen LogP contribution is 2.33. The lowest BCUT2D eigenvalue weighted by Gasteiger charge is -2.15. The van der Waals surface area contributed by atoms with Gasteiger partial charge in [-0.15, -0.1) is 0 Å². The van der Waals surface area contributed by atoms with Crippen molar-refractivity contribution < 1.29 is 9.90 Å². The van der Waals surface area contributed by atoms with E-state index in [4.69, 9.17) is 16.7 Å². The van der Waals surface area contributed by atoms with Crippen LogP contribution in [-0.2, 0) is 11.8 Å². The molecule has 0 spiro atoms. The van der Waals surface area contributed by atoms with E-state index in [0.29, 0.717) is 17.5 Å². The molecule has 6 heteroatoms. The van der Waals surface area contributed by atoms with Gasteiger partial charge in [-0.3, -0.25) is 9.48 Å².